The van der Waals surface area contributed by atoms with Gasteiger partial charge in [0.05, 0.1) is 12.4 Å². The van der Waals surface area contributed by atoms with Gasteiger partial charge in [-0.15, -0.1) is 0 Å². The molecule has 0 aromatic heterocycles. The molecule has 0 bridgehead atoms. The molecule has 40 heavy (non-hydrogen) atoms. The molecular weight excluding hydrogens is 512 g/mol. The van der Waals surface area contributed by atoms with Crippen LogP contribution in [0.2, 0.25) is 19.6 Å². The molecule has 5 heteroatoms. The van der Waals surface area contributed by atoms with Gasteiger partial charge in [0.25, 0.3) is 0 Å². The molecular formula is C35H42O4Si. The number of aliphatic hydroxyl groups is 1. The molecule has 1 aliphatic rings. The lowest BCUT2D eigenvalue weighted by Gasteiger charge is -2.26. The van der Waals surface area contributed by atoms with Gasteiger partial charge >= 0.3 is 0 Å². The summed E-state index contributed by atoms with van der Waals surface area (Å²) in [6.45, 7) is 8.55. The summed E-state index contributed by atoms with van der Waals surface area (Å²) in [7, 11) is -1.81. The van der Waals surface area contributed by atoms with E-state index in [-0.39, 0.29) is 6.29 Å². The largest absolute Gasteiger partial charge is 0.544 e. The molecule has 1 saturated carbocycles. The Morgan fingerprint density at radius 1 is 0.775 bits per heavy atom. The van der Waals surface area contributed by atoms with Crippen LogP contribution in [0.1, 0.15) is 55.7 Å². The molecule has 0 heterocycles. The number of rotatable bonds is 11. The number of hydrogen-bond acceptors (Lipinski definition) is 4. The first-order valence-corrected chi connectivity index (χ1v) is 17.7. The minimum Gasteiger partial charge on any atom is -0.544 e. The summed E-state index contributed by atoms with van der Waals surface area (Å²) in [5.74, 6) is 1.66. The van der Waals surface area contributed by atoms with Crippen LogP contribution in [0.3, 0.4) is 0 Å². The summed E-state index contributed by atoms with van der Waals surface area (Å²) in [5.41, 5.74) is 5.39. The molecule has 0 amide bonds. The Labute approximate surface area is 240 Å². The van der Waals surface area contributed by atoms with Crippen molar-refractivity contribution in [2.24, 2.45) is 0 Å². The van der Waals surface area contributed by atoms with Crippen molar-refractivity contribution in [2.75, 3.05) is 0 Å². The maximum absolute atomic E-state index is 8.96. The Morgan fingerprint density at radius 3 is 1.90 bits per heavy atom. The number of aliphatic hydroxyl groups excluding tert-OH is 1. The maximum Gasteiger partial charge on any atom is 0.242 e. The molecule has 0 radical (unpaired) electrons. The van der Waals surface area contributed by atoms with Gasteiger partial charge in [0, 0.05) is 0 Å². The predicted octanol–water partition coefficient (Wildman–Crippen LogP) is 9.86. The minimum absolute atomic E-state index is 0.252. The molecule has 1 unspecified atom stereocenters. The van der Waals surface area contributed by atoms with E-state index in [1.165, 1.54) is 19.3 Å². The fraction of sp³-hybridized carbons (Fsp3) is 0.314. The highest BCUT2D eigenvalue weighted by Gasteiger charge is 2.18. The van der Waals surface area contributed by atoms with Crippen molar-refractivity contribution in [1.82, 2.24) is 0 Å². The second kappa shape index (κ2) is 14.2. The average Bonchev–Trinajstić information content (AvgIpc) is 2.93. The van der Waals surface area contributed by atoms with E-state index in [1.54, 1.807) is 6.08 Å². The number of hydrogen-bond donors (Lipinski definition) is 1. The molecule has 1 fully saturated rings. The third kappa shape index (κ3) is 9.58. The number of allylic oxidation sites excluding steroid dienone is 1. The van der Waals surface area contributed by atoms with Crippen LogP contribution in [0.4, 0.5) is 0 Å². The zero-order chi connectivity index (χ0) is 28.4. The van der Waals surface area contributed by atoms with E-state index in [1.807, 2.05) is 37.3 Å². The number of benzene rings is 3. The van der Waals surface area contributed by atoms with Gasteiger partial charge in [-0.05, 0) is 97.6 Å². The van der Waals surface area contributed by atoms with Crippen LogP contribution in [0, 0.1) is 0 Å². The predicted molar refractivity (Wildman–Crippen MR) is 169 cm³/mol. The van der Waals surface area contributed by atoms with Crippen LogP contribution < -0.4 is 4.74 Å². The van der Waals surface area contributed by atoms with Gasteiger partial charge in [0.2, 0.25) is 8.32 Å². The van der Waals surface area contributed by atoms with Crippen LogP contribution in [0.15, 0.2) is 90.9 Å². The van der Waals surface area contributed by atoms with Crippen molar-refractivity contribution in [3.63, 3.8) is 0 Å². The lowest BCUT2D eigenvalue weighted by Crippen LogP contribution is -2.26. The molecule has 0 spiro atoms. The van der Waals surface area contributed by atoms with E-state index in [0.29, 0.717) is 6.10 Å². The smallest absolute Gasteiger partial charge is 0.242 e. The fourth-order valence-electron chi connectivity index (χ4n) is 4.80. The fourth-order valence-corrected chi connectivity index (χ4v) is 5.64. The molecule has 3 aromatic rings. The van der Waals surface area contributed by atoms with Crippen molar-refractivity contribution >= 4 is 26.5 Å². The van der Waals surface area contributed by atoms with Crippen LogP contribution in [-0.2, 0) is 9.16 Å². The topological polar surface area (TPSA) is 47.9 Å². The summed E-state index contributed by atoms with van der Waals surface area (Å²) in [4.78, 5) is 0. The van der Waals surface area contributed by atoms with Crippen molar-refractivity contribution in [1.29, 1.82) is 0 Å². The van der Waals surface area contributed by atoms with Crippen molar-refractivity contribution in [3.8, 4) is 16.9 Å². The van der Waals surface area contributed by atoms with Crippen LogP contribution in [-0.4, -0.2) is 25.8 Å². The second-order valence-electron chi connectivity index (χ2n) is 11.3. The normalized spacial score (nSPS) is 15.9. The van der Waals surface area contributed by atoms with Crippen LogP contribution >= 0.6 is 0 Å². The molecule has 1 aliphatic carbocycles. The maximum atomic E-state index is 8.96. The minimum atomic E-state index is -1.81. The van der Waals surface area contributed by atoms with Crippen molar-refractivity contribution in [2.45, 2.75) is 71.1 Å². The summed E-state index contributed by atoms with van der Waals surface area (Å²) in [5, 5.41) is 8.96. The average molecular weight is 555 g/mol. The van der Waals surface area contributed by atoms with E-state index >= 15 is 0 Å². The third-order valence-electron chi connectivity index (χ3n) is 6.71. The molecule has 1 N–H and O–H groups in total. The van der Waals surface area contributed by atoms with Gasteiger partial charge in [-0.2, -0.15) is 0 Å². The highest BCUT2D eigenvalue weighted by atomic mass is 28.4. The molecule has 4 nitrogen and oxygen atoms in total. The molecule has 210 valence electrons. The van der Waals surface area contributed by atoms with Gasteiger partial charge in [0.15, 0.2) is 6.29 Å². The van der Waals surface area contributed by atoms with Crippen LogP contribution in [0.25, 0.3) is 29.4 Å². The quantitative estimate of drug-likeness (QED) is 0.111. The lowest BCUT2D eigenvalue weighted by atomic mass is 9.98. The molecule has 3 aromatic carbocycles. The van der Waals surface area contributed by atoms with Crippen molar-refractivity contribution in [3.05, 3.63) is 108 Å². The Balaban J connectivity index is 1.41. The Bertz CT molecular complexity index is 1280. The first kappa shape index (κ1) is 29.4. The zero-order valence-corrected chi connectivity index (χ0v) is 25.2. The summed E-state index contributed by atoms with van der Waals surface area (Å²) in [6, 6.07) is 24.7. The summed E-state index contributed by atoms with van der Waals surface area (Å²) >= 11 is 0. The molecule has 1 atom stereocenters. The SMILES string of the molecule is CC(Oc1ccc(C=CC(=Cc2ccc(-c3ccc(C=CO)cc3)cc2)O[Si](C)(C)C)cc1)OC1CCCCC1. The molecule has 0 saturated heterocycles. The van der Waals surface area contributed by atoms with Gasteiger partial charge < -0.3 is 19.0 Å². The number of ether oxygens (including phenoxy) is 2. The van der Waals surface area contributed by atoms with E-state index in [4.69, 9.17) is 19.0 Å². The van der Waals surface area contributed by atoms with E-state index < -0.39 is 8.32 Å². The van der Waals surface area contributed by atoms with Gasteiger partial charge in [0.1, 0.15) is 11.5 Å². The first-order valence-electron chi connectivity index (χ1n) is 14.3. The van der Waals surface area contributed by atoms with Gasteiger partial charge in [-0.25, -0.2) is 0 Å². The summed E-state index contributed by atoms with van der Waals surface area (Å²) in [6.07, 6.45) is 15.1. The standard InChI is InChI=1S/C35H42O4Si/c1-27(37-33-8-6-5-7-9-33)38-34-21-14-28(15-22-34)16-23-35(39-40(2,3)4)26-30-12-19-32(20-13-30)31-17-10-29(11-18-31)24-25-36/h10-27,33,36H,5-9H2,1-4H3. The molecule has 0 aliphatic heterocycles. The highest BCUT2D eigenvalue weighted by Crippen LogP contribution is 2.25. The van der Waals surface area contributed by atoms with E-state index in [0.717, 1.165) is 58.4 Å². The zero-order valence-electron chi connectivity index (χ0n) is 24.2. The van der Waals surface area contributed by atoms with E-state index in [2.05, 4.69) is 80.3 Å². The Hall–Kier alpha value is -3.54. The monoisotopic (exact) mass is 554 g/mol. The summed E-state index contributed by atoms with van der Waals surface area (Å²) < 4.78 is 18.5. The van der Waals surface area contributed by atoms with Gasteiger partial charge in [-0.3, -0.25) is 0 Å². The third-order valence-corrected chi connectivity index (χ3v) is 7.56. The Kier molecular flexibility index (Phi) is 10.4. The molecule has 4 rings (SSSR count). The van der Waals surface area contributed by atoms with Crippen LogP contribution in [0.5, 0.6) is 5.75 Å². The van der Waals surface area contributed by atoms with Gasteiger partial charge in [-0.1, -0.05) is 86.0 Å². The second-order valence-corrected chi connectivity index (χ2v) is 15.7. The van der Waals surface area contributed by atoms with E-state index in [9.17, 15) is 0 Å². The highest BCUT2D eigenvalue weighted by molar-refractivity contribution is 6.70. The lowest BCUT2D eigenvalue weighted by molar-refractivity contribution is -0.116. The Morgan fingerprint density at radius 2 is 1.32 bits per heavy atom. The van der Waals surface area contributed by atoms with Crippen molar-refractivity contribution < 1.29 is 19.0 Å². The first-order chi connectivity index (χ1) is 19.3.